The first-order chi connectivity index (χ1) is 12.3. The van der Waals surface area contributed by atoms with Gasteiger partial charge in [0.25, 0.3) is 5.69 Å². The van der Waals surface area contributed by atoms with Crippen molar-refractivity contribution in [2.24, 2.45) is 0 Å². The maximum absolute atomic E-state index is 12.8. The van der Waals surface area contributed by atoms with Crippen LogP contribution in [0.5, 0.6) is 0 Å². The van der Waals surface area contributed by atoms with Gasteiger partial charge in [0.15, 0.2) is 0 Å². The van der Waals surface area contributed by atoms with Crippen LogP contribution < -0.4 is 4.90 Å². The van der Waals surface area contributed by atoms with Crippen molar-refractivity contribution in [3.05, 3.63) is 55.2 Å². The summed E-state index contributed by atoms with van der Waals surface area (Å²) in [4.78, 5) is 13.0. The Hall–Kier alpha value is -1.52. The van der Waals surface area contributed by atoms with Gasteiger partial charge >= 0.3 is 0 Å². The van der Waals surface area contributed by atoms with Crippen molar-refractivity contribution in [1.82, 2.24) is 4.31 Å². The molecular weight excluding hydrogens is 398 g/mol. The third-order valence-corrected chi connectivity index (χ3v) is 7.62. The molecule has 0 unspecified atom stereocenters. The molecule has 0 aliphatic carbocycles. The van der Waals surface area contributed by atoms with Crippen LogP contribution in [-0.2, 0) is 16.6 Å². The molecule has 3 rings (SSSR count). The van der Waals surface area contributed by atoms with Crippen molar-refractivity contribution < 1.29 is 18.2 Å². The Kier molecular flexibility index (Phi) is 5.64. The molecule has 0 spiro atoms. The highest BCUT2D eigenvalue weighted by Crippen LogP contribution is 2.24. The molecule has 0 bridgehead atoms. The van der Waals surface area contributed by atoms with E-state index in [4.69, 9.17) is 11.6 Å². The van der Waals surface area contributed by atoms with E-state index in [0.29, 0.717) is 31.7 Å². The van der Waals surface area contributed by atoms with Crippen LogP contribution in [0.15, 0.2) is 35.2 Å². The van der Waals surface area contributed by atoms with Crippen molar-refractivity contribution in [1.29, 1.82) is 0 Å². The number of rotatable bonds is 5. The van der Waals surface area contributed by atoms with Gasteiger partial charge in [-0.1, -0.05) is 17.7 Å². The minimum atomic E-state index is -3.73. The molecule has 2 aromatic rings. The zero-order valence-electron chi connectivity index (χ0n) is 14.1. The summed E-state index contributed by atoms with van der Waals surface area (Å²) in [5.74, 6) is 0. The van der Waals surface area contributed by atoms with Crippen molar-refractivity contribution in [2.45, 2.75) is 18.4 Å². The highest BCUT2D eigenvalue weighted by atomic mass is 35.5. The molecule has 0 amide bonds. The molecular formula is C16H19ClN3O4S2+. The molecule has 1 aliphatic heterocycles. The molecule has 1 aliphatic rings. The van der Waals surface area contributed by atoms with Crippen LogP contribution in [0.3, 0.4) is 0 Å². The Balaban J connectivity index is 1.70. The molecule has 26 heavy (non-hydrogen) atoms. The van der Waals surface area contributed by atoms with E-state index in [-0.39, 0.29) is 10.6 Å². The molecule has 1 saturated heterocycles. The minimum Gasteiger partial charge on any atom is -0.328 e. The first-order valence-corrected chi connectivity index (χ1v) is 10.7. The molecule has 1 aromatic carbocycles. The van der Waals surface area contributed by atoms with Crippen molar-refractivity contribution in [3.8, 4) is 0 Å². The maximum Gasteiger partial charge on any atom is 0.273 e. The van der Waals surface area contributed by atoms with Crippen LogP contribution in [0.25, 0.3) is 0 Å². The van der Waals surface area contributed by atoms with E-state index in [1.54, 1.807) is 6.92 Å². The zero-order valence-corrected chi connectivity index (χ0v) is 16.5. The van der Waals surface area contributed by atoms with Gasteiger partial charge in [0.2, 0.25) is 10.0 Å². The molecule has 1 N–H and O–H groups in total. The minimum absolute atomic E-state index is 0.0247. The second kappa shape index (κ2) is 7.61. The molecule has 1 aromatic heterocycles. The van der Waals surface area contributed by atoms with Gasteiger partial charge in [0.1, 0.15) is 6.54 Å². The summed E-state index contributed by atoms with van der Waals surface area (Å²) < 4.78 is 27.8. The van der Waals surface area contributed by atoms with Crippen LogP contribution in [0.2, 0.25) is 4.34 Å². The van der Waals surface area contributed by atoms with Crippen molar-refractivity contribution in [2.75, 3.05) is 26.2 Å². The Morgan fingerprint density at radius 2 is 1.96 bits per heavy atom. The van der Waals surface area contributed by atoms with Gasteiger partial charge < -0.3 is 4.90 Å². The van der Waals surface area contributed by atoms with Gasteiger partial charge in [0.05, 0.1) is 45.2 Å². The lowest BCUT2D eigenvalue weighted by Gasteiger charge is -2.31. The summed E-state index contributed by atoms with van der Waals surface area (Å²) >= 11 is 7.49. The maximum atomic E-state index is 12.8. The fourth-order valence-electron chi connectivity index (χ4n) is 3.01. The van der Waals surface area contributed by atoms with E-state index >= 15 is 0 Å². The predicted molar refractivity (Wildman–Crippen MR) is 100 cm³/mol. The predicted octanol–water partition coefficient (Wildman–Crippen LogP) is 1.71. The van der Waals surface area contributed by atoms with Gasteiger partial charge in [-0.15, -0.1) is 11.3 Å². The molecule has 0 atom stereocenters. The summed E-state index contributed by atoms with van der Waals surface area (Å²) in [7, 11) is -3.73. The highest BCUT2D eigenvalue weighted by Gasteiger charge is 2.31. The number of hydrogen-bond acceptors (Lipinski definition) is 5. The van der Waals surface area contributed by atoms with Gasteiger partial charge in [-0.25, -0.2) is 8.42 Å². The van der Waals surface area contributed by atoms with Crippen LogP contribution in [-0.4, -0.2) is 43.8 Å². The molecule has 140 valence electrons. The van der Waals surface area contributed by atoms with Crippen LogP contribution in [0, 0.1) is 17.0 Å². The lowest BCUT2D eigenvalue weighted by atomic mass is 10.2. The Morgan fingerprint density at radius 1 is 1.27 bits per heavy atom. The van der Waals surface area contributed by atoms with Crippen LogP contribution in [0.1, 0.15) is 10.4 Å². The molecule has 0 saturated carbocycles. The number of benzene rings is 1. The fraction of sp³-hybridized carbons (Fsp3) is 0.375. The molecule has 10 heteroatoms. The second-order valence-electron chi connectivity index (χ2n) is 6.24. The summed E-state index contributed by atoms with van der Waals surface area (Å²) in [5.41, 5.74) is 0.266. The van der Waals surface area contributed by atoms with Crippen LogP contribution >= 0.6 is 22.9 Å². The number of sulfonamides is 1. The fourth-order valence-corrected chi connectivity index (χ4v) is 5.63. The van der Waals surface area contributed by atoms with E-state index in [9.17, 15) is 18.5 Å². The second-order valence-corrected chi connectivity index (χ2v) is 9.98. The van der Waals surface area contributed by atoms with E-state index in [1.807, 2.05) is 12.1 Å². The zero-order chi connectivity index (χ0) is 18.9. The van der Waals surface area contributed by atoms with E-state index in [1.165, 1.54) is 37.6 Å². The lowest BCUT2D eigenvalue weighted by Crippen LogP contribution is -3.13. The SMILES string of the molecule is Cc1ccc(S(=O)(=O)N2CC[NH+](Cc3ccc(Cl)s3)CC2)cc1[N+](=O)[O-]. The third kappa shape index (κ3) is 4.07. The van der Waals surface area contributed by atoms with E-state index < -0.39 is 14.9 Å². The Morgan fingerprint density at radius 3 is 2.54 bits per heavy atom. The largest absolute Gasteiger partial charge is 0.328 e. The smallest absolute Gasteiger partial charge is 0.273 e. The summed E-state index contributed by atoms with van der Waals surface area (Å²) in [5, 5.41) is 11.1. The Labute approximate surface area is 161 Å². The highest BCUT2D eigenvalue weighted by molar-refractivity contribution is 7.89. The number of thiophene rings is 1. The topological polar surface area (TPSA) is 85.0 Å². The number of aryl methyl sites for hydroxylation is 1. The van der Waals surface area contributed by atoms with Crippen LogP contribution in [0.4, 0.5) is 5.69 Å². The number of nitro groups is 1. The van der Waals surface area contributed by atoms with Gasteiger partial charge in [-0.2, -0.15) is 4.31 Å². The number of nitrogens with zero attached hydrogens (tertiary/aromatic N) is 2. The number of hydrogen-bond donors (Lipinski definition) is 1. The Bertz CT molecular complexity index is 921. The van der Waals surface area contributed by atoms with Gasteiger partial charge in [0, 0.05) is 11.6 Å². The summed E-state index contributed by atoms with van der Waals surface area (Å²) in [6.45, 7) is 4.55. The lowest BCUT2D eigenvalue weighted by molar-refractivity contribution is -0.917. The summed E-state index contributed by atoms with van der Waals surface area (Å²) in [6, 6.07) is 7.93. The quantitative estimate of drug-likeness (QED) is 0.594. The van der Waals surface area contributed by atoms with Gasteiger partial charge in [-0.3, -0.25) is 10.1 Å². The summed E-state index contributed by atoms with van der Waals surface area (Å²) in [6.07, 6.45) is 0. The molecule has 7 nitrogen and oxygen atoms in total. The molecule has 0 radical (unpaired) electrons. The van der Waals surface area contributed by atoms with Crippen molar-refractivity contribution in [3.63, 3.8) is 0 Å². The number of nitrogens with one attached hydrogen (secondary N) is 1. The molecule has 2 heterocycles. The average molecular weight is 417 g/mol. The van der Waals surface area contributed by atoms with Gasteiger partial charge in [-0.05, 0) is 25.1 Å². The normalized spacial score (nSPS) is 16.7. The average Bonchev–Trinajstić information content (AvgIpc) is 3.00. The molecule has 1 fully saturated rings. The number of piperazine rings is 1. The number of quaternary nitrogens is 1. The van der Waals surface area contributed by atoms with Crippen molar-refractivity contribution >= 4 is 38.6 Å². The number of halogens is 1. The van der Waals surface area contributed by atoms with E-state index in [2.05, 4.69) is 0 Å². The monoisotopic (exact) mass is 416 g/mol. The first-order valence-electron chi connectivity index (χ1n) is 8.10. The first kappa shape index (κ1) is 19.2. The standard InChI is InChI=1S/C16H18ClN3O4S2/c1-12-2-4-14(10-15(12)20(21)22)26(23,24)19-8-6-18(7-9-19)11-13-3-5-16(17)25-13/h2-5,10H,6-9,11H2,1H3/p+1. The number of nitro benzene ring substituents is 1. The third-order valence-electron chi connectivity index (χ3n) is 4.50. The van der Waals surface area contributed by atoms with E-state index in [0.717, 1.165) is 16.9 Å².